The molecule has 0 bridgehead atoms. The number of Topliss-reactive ketones (excluding diaryl/α,β-unsaturated/α-hetero) is 1. The van der Waals surface area contributed by atoms with Crippen molar-refractivity contribution in [3.05, 3.63) is 65.0 Å². The lowest BCUT2D eigenvalue weighted by atomic mass is 9.94. The maximum absolute atomic E-state index is 13.4. The Hall–Kier alpha value is -3.39. The minimum absolute atomic E-state index is 0.0816. The number of benzene rings is 2. The number of hydrogen-bond acceptors (Lipinski definition) is 6. The van der Waals surface area contributed by atoms with Crippen LogP contribution in [-0.2, 0) is 9.59 Å². The van der Waals surface area contributed by atoms with Gasteiger partial charge in [-0.1, -0.05) is 0 Å². The van der Waals surface area contributed by atoms with Gasteiger partial charge in [0.25, 0.3) is 11.7 Å². The molecule has 2 aromatic carbocycles. The van der Waals surface area contributed by atoms with E-state index in [1.807, 2.05) is 19.0 Å². The molecule has 0 spiro atoms. The van der Waals surface area contributed by atoms with Crippen LogP contribution in [0.5, 0.6) is 11.5 Å². The number of halogens is 1. The van der Waals surface area contributed by atoms with Gasteiger partial charge in [0, 0.05) is 24.2 Å². The van der Waals surface area contributed by atoms with E-state index in [2.05, 4.69) is 0 Å². The van der Waals surface area contributed by atoms with E-state index in [-0.39, 0.29) is 23.4 Å². The largest absolute Gasteiger partial charge is 0.507 e. The smallest absolute Gasteiger partial charge is 0.295 e. The van der Waals surface area contributed by atoms with Crippen molar-refractivity contribution in [1.82, 2.24) is 9.80 Å². The zero-order valence-corrected chi connectivity index (χ0v) is 17.9. The van der Waals surface area contributed by atoms with E-state index in [0.29, 0.717) is 23.6 Å². The molecule has 3 rings (SSSR count). The van der Waals surface area contributed by atoms with Gasteiger partial charge in [-0.2, -0.15) is 0 Å². The molecular formula is C23H25FN2O5. The number of likely N-dealkylation sites (tertiary alicyclic amines) is 1. The Bertz CT molecular complexity index is 1020. The summed E-state index contributed by atoms with van der Waals surface area (Å²) in [4.78, 5) is 29.2. The Morgan fingerprint density at radius 2 is 1.77 bits per heavy atom. The van der Waals surface area contributed by atoms with Crippen LogP contribution in [0.15, 0.2) is 48.0 Å². The summed E-state index contributed by atoms with van der Waals surface area (Å²) in [6, 6.07) is 9.24. The zero-order chi connectivity index (χ0) is 22.7. The number of carbonyl (C=O) groups is 2. The first-order chi connectivity index (χ1) is 14.8. The van der Waals surface area contributed by atoms with E-state index in [1.165, 1.54) is 43.4 Å². The maximum Gasteiger partial charge on any atom is 0.295 e. The molecule has 2 aromatic rings. The normalized spacial score (nSPS) is 18.0. The van der Waals surface area contributed by atoms with Gasteiger partial charge in [-0.3, -0.25) is 9.59 Å². The van der Waals surface area contributed by atoms with Gasteiger partial charge in [-0.25, -0.2) is 4.39 Å². The van der Waals surface area contributed by atoms with Gasteiger partial charge in [-0.15, -0.1) is 0 Å². The van der Waals surface area contributed by atoms with Crippen molar-refractivity contribution in [3.8, 4) is 11.5 Å². The predicted octanol–water partition coefficient (Wildman–Crippen LogP) is 2.83. The molecule has 1 N–H and O–H groups in total. The molecule has 1 heterocycles. The Labute approximate surface area is 180 Å². The summed E-state index contributed by atoms with van der Waals surface area (Å²) >= 11 is 0. The molecule has 0 radical (unpaired) electrons. The van der Waals surface area contributed by atoms with E-state index in [9.17, 15) is 19.1 Å². The van der Waals surface area contributed by atoms with E-state index >= 15 is 0 Å². The lowest BCUT2D eigenvalue weighted by Crippen LogP contribution is -2.35. The summed E-state index contributed by atoms with van der Waals surface area (Å²) in [5, 5.41) is 11.0. The van der Waals surface area contributed by atoms with Gasteiger partial charge in [0.2, 0.25) is 0 Å². The molecule has 1 atom stereocenters. The highest BCUT2D eigenvalue weighted by Crippen LogP contribution is 2.43. The first-order valence-electron chi connectivity index (χ1n) is 9.69. The van der Waals surface area contributed by atoms with Crippen LogP contribution in [0.1, 0.15) is 17.2 Å². The third kappa shape index (κ3) is 4.39. The number of amides is 1. The Balaban J connectivity index is 2.23. The monoisotopic (exact) mass is 428 g/mol. The quantitative estimate of drug-likeness (QED) is 0.415. The number of aliphatic hydroxyl groups excluding tert-OH is 1. The highest BCUT2D eigenvalue weighted by molar-refractivity contribution is 6.46. The average molecular weight is 428 g/mol. The van der Waals surface area contributed by atoms with Gasteiger partial charge in [0.15, 0.2) is 0 Å². The Kier molecular flexibility index (Phi) is 6.60. The molecule has 1 aliphatic rings. The summed E-state index contributed by atoms with van der Waals surface area (Å²) in [6.07, 6.45) is 0. The molecular weight excluding hydrogens is 403 g/mol. The number of ketones is 1. The van der Waals surface area contributed by atoms with Gasteiger partial charge in [0.1, 0.15) is 23.1 Å². The fraction of sp³-hybridized carbons (Fsp3) is 0.304. The van der Waals surface area contributed by atoms with Gasteiger partial charge < -0.3 is 24.4 Å². The lowest BCUT2D eigenvalue weighted by molar-refractivity contribution is -0.140. The second-order valence-corrected chi connectivity index (χ2v) is 7.41. The minimum Gasteiger partial charge on any atom is -0.507 e. The second kappa shape index (κ2) is 9.18. The third-order valence-electron chi connectivity index (χ3n) is 5.18. The van der Waals surface area contributed by atoms with Crippen LogP contribution in [0.3, 0.4) is 0 Å². The molecule has 7 nitrogen and oxygen atoms in total. The standard InChI is InChI=1S/C23H25FN2O5/c1-25(2)11-12-26-20(17-13-16(30-3)9-10-18(17)31-4)19(22(28)23(26)29)21(27)14-5-7-15(24)8-6-14/h5-10,13,20,27H,11-12H2,1-4H3/t20-/m0/s1. The summed E-state index contributed by atoms with van der Waals surface area (Å²) in [6.45, 7) is 0.759. The Morgan fingerprint density at radius 1 is 1.10 bits per heavy atom. The molecule has 1 fully saturated rings. The molecule has 1 amide bonds. The van der Waals surface area contributed by atoms with E-state index in [4.69, 9.17) is 9.47 Å². The summed E-state index contributed by atoms with van der Waals surface area (Å²) < 4.78 is 24.2. The van der Waals surface area contributed by atoms with Crippen molar-refractivity contribution in [2.24, 2.45) is 0 Å². The van der Waals surface area contributed by atoms with Crippen LogP contribution in [0, 0.1) is 5.82 Å². The van der Waals surface area contributed by atoms with Crippen molar-refractivity contribution in [1.29, 1.82) is 0 Å². The lowest BCUT2D eigenvalue weighted by Gasteiger charge is -2.28. The fourth-order valence-corrected chi connectivity index (χ4v) is 3.56. The summed E-state index contributed by atoms with van der Waals surface area (Å²) in [5.41, 5.74) is 0.657. The predicted molar refractivity (Wildman–Crippen MR) is 114 cm³/mol. The SMILES string of the molecule is COc1ccc(OC)c([C@H]2C(=C(O)c3ccc(F)cc3)C(=O)C(=O)N2CCN(C)C)c1. The van der Waals surface area contributed by atoms with E-state index < -0.39 is 23.5 Å². The van der Waals surface area contributed by atoms with Crippen molar-refractivity contribution >= 4 is 17.4 Å². The number of ether oxygens (including phenoxy) is 2. The molecule has 8 heteroatoms. The van der Waals surface area contributed by atoms with Crippen LogP contribution in [0.2, 0.25) is 0 Å². The average Bonchev–Trinajstić information content (AvgIpc) is 3.01. The molecule has 0 saturated carbocycles. The molecule has 0 unspecified atom stereocenters. The minimum atomic E-state index is -0.893. The molecule has 0 aliphatic carbocycles. The van der Waals surface area contributed by atoms with E-state index in [1.54, 1.807) is 18.2 Å². The van der Waals surface area contributed by atoms with Crippen molar-refractivity contribution in [3.63, 3.8) is 0 Å². The van der Waals surface area contributed by atoms with Crippen LogP contribution < -0.4 is 9.47 Å². The number of hydrogen-bond donors (Lipinski definition) is 1. The van der Waals surface area contributed by atoms with Gasteiger partial charge >= 0.3 is 0 Å². The number of methoxy groups -OCH3 is 2. The number of aliphatic hydroxyl groups is 1. The van der Waals surface area contributed by atoms with Crippen LogP contribution in [0.25, 0.3) is 5.76 Å². The highest BCUT2D eigenvalue weighted by atomic mass is 19.1. The van der Waals surface area contributed by atoms with E-state index in [0.717, 1.165) is 0 Å². The Morgan fingerprint density at radius 3 is 2.35 bits per heavy atom. The van der Waals surface area contributed by atoms with Gasteiger partial charge in [-0.05, 0) is 56.6 Å². The fourth-order valence-electron chi connectivity index (χ4n) is 3.56. The summed E-state index contributed by atoms with van der Waals surface area (Å²) in [7, 11) is 6.71. The van der Waals surface area contributed by atoms with Crippen molar-refractivity contribution < 1.29 is 28.6 Å². The molecule has 31 heavy (non-hydrogen) atoms. The second-order valence-electron chi connectivity index (χ2n) is 7.41. The number of carbonyl (C=O) groups excluding carboxylic acids is 2. The number of likely N-dealkylation sites (N-methyl/N-ethyl adjacent to an activating group) is 1. The molecule has 164 valence electrons. The number of nitrogens with zero attached hydrogens (tertiary/aromatic N) is 2. The van der Waals surface area contributed by atoms with Crippen molar-refractivity contribution in [2.45, 2.75) is 6.04 Å². The first kappa shape index (κ1) is 22.3. The summed E-state index contributed by atoms with van der Waals surface area (Å²) in [5.74, 6) is -1.44. The highest BCUT2D eigenvalue weighted by Gasteiger charge is 2.47. The molecule has 0 aromatic heterocycles. The molecule has 1 aliphatic heterocycles. The van der Waals surface area contributed by atoms with Gasteiger partial charge in [0.05, 0.1) is 25.8 Å². The third-order valence-corrected chi connectivity index (χ3v) is 5.18. The van der Waals surface area contributed by atoms with Crippen molar-refractivity contribution in [2.75, 3.05) is 41.4 Å². The first-order valence-corrected chi connectivity index (χ1v) is 9.69. The topological polar surface area (TPSA) is 79.3 Å². The van der Waals surface area contributed by atoms with Crippen LogP contribution in [-0.4, -0.2) is 68.0 Å². The zero-order valence-electron chi connectivity index (χ0n) is 17.9. The maximum atomic E-state index is 13.4. The van der Waals surface area contributed by atoms with Crippen LogP contribution >= 0.6 is 0 Å². The molecule has 1 saturated heterocycles. The van der Waals surface area contributed by atoms with Crippen LogP contribution in [0.4, 0.5) is 4.39 Å². The number of rotatable bonds is 7.